The molecule has 3 heteroatoms. The number of aromatic nitrogens is 1. The van der Waals surface area contributed by atoms with Gasteiger partial charge in [-0.3, -0.25) is 4.98 Å². The molecule has 1 aliphatic carbocycles. The summed E-state index contributed by atoms with van der Waals surface area (Å²) >= 11 is 6.05. The fraction of sp³-hybridized carbons (Fsp3) is 0.615. The number of pyridine rings is 1. The van der Waals surface area contributed by atoms with Crippen molar-refractivity contribution in [2.24, 2.45) is 11.8 Å². The molecule has 1 aromatic rings. The summed E-state index contributed by atoms with van der Waals surface area (Å²) in [7, 11) is 0. The van der Waals surface area contributed by atoms with Gasteiger partial charge in [0.15, 0.2) is 0 Å². The Balaban J connectivity index is 1.78. The Morgan fingerprint density at radius 3 is 3.06 bits per heavy atom. The first kappa shape index (κ1) is 11.9. The predicted molar refractivity (Wildman–Crippen MR) is 67.5 cm³/mol. The molecule has 2 unspecified atom stereocenters. The number of rotatable bonds is 4. The van der Waals surface area contributed by atoms with Crippen molar-refractivity contribution in [1.82, 2.24) is 10.3 Å². The van der Waals surface area contributed by atoms with Gasteiger partial charge in [-0.25, -0.2) is 0 Å². The SMILES string of the molecule is CC1CCCC1CNCc1ccncc1Cl. The van der Waals surface area contributed by atoms with Crippen LogP contribution in [0.4, 0.5) is 0 Å². The van der Waals surface area contributed by atoms with Gasteiger partial charge in [-0.1, -0.05) is 31.4 Å². The second kappa shape index (κ2) is 5.65. The average Bonchev–Trinajstić information content (AvgIpc) is 2.67. The normalized spacial score (nSPS) is 24.9. The number of nitrogens with one attached hydrogen (secondary N) is 1. The van der Waals surface area contributed by atoms with E-state index in [0.29, 0.717) is 0 Å². The fourth-order valence-electron chi connectivity index (χ4n) is 2.47. The largest absolute Gasteiger partial charge is 0.312 e. The van der Waals surface area contributed by atoms with Crippen LogP contribution in [0.15, 0.2) is 18.5 Å². The second-order valence-electron chi connectivity index (χ2n) is 4.77. The van der Waals surface area contributed by atoms with Crippen molar-refractivity contribution < 1.29 is 0 Å². The topological polar surface area (TPSA) is 24.9 Å². The summed E-state index contributed by atoms with van der Waals surface area (Å²) in [4.78, 5) is 3.98. The molecule has 0 radical (unpaired) electrons. The molecule has 0 aliphatic heterocycles. The van der Waals surface area contributed by atoms with Gasteiger partial charge in [-0.05, 0) is 36.4 Å². The molecule has 1 N–H and O–H groups in total. The lowest BCUT2D eigenvalue weighted by atomic mass is 9.98. The van der Waals surface area contributed by atoms with E-state index in [2.05, 4.69) is 17.2 Å². The Bertz CT molecular complexity index is 340. The maximum Gasteiger partial charge on any atom is 0.0634 e. The summed E-state index contributed by atoms with van der Waals surface area (Å²) in [5.41, 5.74) is 1.14. The lowest BCUT2D eigenvalue weighted by Gasteiger charge is -2.16. The molecule has 1 aliphatic rings. The van der Waals surface area contributed by atoms with E-state index >= 15 is 0 Å². The van der Waals surface area contributed by atoms with Gasteiger partial charge in [0.1, 0.15) is 0 Å². The molecule has 2 atom stereocenters. The first-order valence-electron chi connectivity index (χ1n) is 6.06. The molecule has 1 fully saturated rings. The van der Waals surface area contributed by atoms with E-state index in [1.807, 2.05) is 6.07 Å². The van der Waals surface area contributed by atoms with Crippen LogP contribution in [0.5, 0.6) is 0 Å². The standard InChI is InChI=1S/C13H19ClN2/c1-10-3-2-4-11(10)7-16-8-12-5-6-15-9-13(12)14/h5-6,9-11,16H,2-4,7-8H2,1H3. The van der Waals surface area contributed by atoms with Crippen molar-refractivity contribution in [1.29, 1.82) is 0 Å². The average molecular weight is 239 g/mol. The first-order chi connectivity index (χ1) is 7.77. The molecule has 0 bridgehead atoms. The Morgan fingerprint density at radius 1 is 1.50 bits per heavy atom. The van der Waals surface area contributed by atoms with Gasteiger partial charge in [0.25, 0.3) is 0 Å². The molecule has 1 aromatic heterocycles. The molecule has 0 spiro atoms. The third kappa shape index (κ3) is 2.96. The minimum absolute atomic E-state index is 0.759. The predicted octanol–water partition coefficient (Wildman–Crippen LogP) is 3.26. The summed E-state index contributed by atoms with van der Waals surface area (Å²) in [6, 6.07) is 1.98. The van der Waals surface area contributed by atoms with Crippen LogP contribution in [-0.4, -0.2) is 11.5 Å². The molecule has 1 heterocycles. The van der Waals surface area contributed by atoms with Crippen molar-refractivity contribution >= 4 is 11.6 Å². The fourth-order valence-corrected chi connectivity index (χ4v) is 2.65. The van der Waals surface area contributed by atoms with Gasteiger partial charge in [-0.2, -0.15) is 0 Å². The summed E-state index contributed by atoms with van der Waals surface area (Å²) in [5.74, 6) is 1.72. The van der Waals surface area contributed by atoms with Crippen LogP contribution in [0, 0.1) is 11.8 Å². The zero-order chi connectivity index (χ0) is 11.4. The van der Waals surface area contributed by atoms with Crippen molar-refractivity contribution in [3.8, 4) is 0 Å². The number of nitrogens with zero attached hydrogens (tertiary/aromatic N) is 1. The maximum absolute atomic E-state index is 6.05. The third-order valence-electron chi connectivity index (χ3n) is 3.62. The summed E-state index contributed by atoms with van der Waals surface area (Å²) < 4.78 is 0. The van der Waals surface area contributed by atoms with Crippen LogP contribution in [-0.2, 0) is 6.54 Å². The molecule has 0 saturated heterocycles. The van der Waals surface area contributed by atoms with Crippen molar-refractivity contribution in [2.75, 3.05) is 6.54 Å². The van der Waals surface area contributed by atoms with E-state index in [1.54, 1.807) is 12.4 Å². The van der Waals surface area contributed by atoms with E-state index < -0.39 is 0 Å². The van der Waals surface area contributed by atoms with E-state index in [-0.39, 0.29) is 0 Å². The van der Waals surface area contributed by atoms with Crippen LogP contribution < -0.4 is 5.32 Å². The van der Waals surface area contributed by atoms with Gasteiger partial charge in [-0.15, -0.1) is 0 Å². The van der Waals surface area contributed by atoms with Gasteiger partial charge in [0.05, 0.1) is 5.02 Å². The molecule has 1 saturated carbocycles. The number of hydrogen-bond acceptors (Lipinski definition) is 2. The van der Waals surface area contributed by atoms with Crippen LogP contribution in [0.3, 0.4) is 0 Å². The van der Waals surface area contributed by atoms with Gasteiger partial charge < -0.3 is 5.32 Å². The van der Waals surface area contributed by atoms with E-state index in [0.717, 1.165) is 35.5 Å². The van der Waals surface area contributed by atoms with Crippen LogP contribution in [0.2, 0.25) is 5.02 Å². The number of hydrogen-bond donors (Lipinski definition) is 1. The molecular formula is C13H19ClN2. The van der Waals surface area contributed by atoms with Crippen LogP contribution in [0.1, 0.15) is 31.7 Å². The Hall–Kier alpha value is -0.600. The monoisotopic (exact) mass is 238 g/mol. The molecule has 0 aromatic carbocycles. The highest BCUT2D eigenvalue weighted by atomic mass is 35.5. The Labute approximate surface area is 102 Å². The Kier molecular flexibility index (Phi) is 4.19. The lowest BCUT2D eigenvalue weighted by Crippen LogP contribution is -2.24. The van der Waals surface area contributed by atoms with Crippen LogP contribution in [0.25, 0.3) is 0 Å². The molecule has 0 amide bonds. The molecule has 16 heavy (non-hydrogen) atoms. The summed E-state index contributed by atoms with van der Waals surface area (Å²) in [6.45, 7) is 4.32. The van der Waals surface area contributed by atoms with E-state index in [1.165, 1.54) is 19.3 Å². The van der Waals surface area contributed by atoms with Crippen LogP contribution >= 0.6 is 11.6 Å². The lowest BCUT2D eigenvalue weighted by molar-refractivity contribution is 0.392. The highest BCUT2D eigenvalue weighted by Crippen LogP contribution is 2.30. The van der Waals surface area contributed by atoms with Gasteiger partial charge in [0.2, 0.25) is 0 Å². The van der Waals surface area contributed by atoms with Crippen molar-refractivity contribution in [2.45, 2.75) is 32.7 Å². The second-order valence-corrected chi connectivity index (χ2v) is 5.17. The minimum atomic E-state index is 0.759. The molecule has 88 valence electrons. The zero-order valence-corrected chi connectivity index (χ0v) is 10.5. The van der Waals surface area contributed by atoms with E-state index in [9.17, 15) is 0 Å². The molecule has 2 rings (SSSR count). The zero-order valence-electron chi connectivity index (χ0n) is 9.75. The van der Waals surface area contributed by atoms with Gasteiger partial charge >= 0.3 is 0 Å². The number of halogens is 1. The quantitative estimate of drug-likeness (QED) is 0.871. The minimum Gasteiger partial charge on any atom is -0.312 e. The highest BCUT2D eigenvalue weighted by molar-refractivity contribution is 6.31. The van der Waals surface area contributed by atoms with E-state index in [4.69, 9.17) is 11.6 Å². The Morgan fingerprint density at radius 2 is 2.38 bits per heavy atom. The van der Waals surface area contributed by atoms with Crippen molar-refractivity contribution in [3.05, 3.63) is 29.0 Å². The maximum atomic E-state index is 6.05. The summed E-state index contributed by atoms with van der Waals surface area (Å²) in [6.07, 6.45) is 7.65. The molecule has 2 nitrogen and oxygen atoms in total. The van der Waals surface area contributed by atoms with Crippen molar-refractivity contribution in [3.63, 3.8) is 0 Å². The first-order valence-corrected chi connectivity index (χ1v) is 6.44. The third-order valence-corrected chi connectivity index (χ3v) is 3.96. The smallest absolute Gasteiger partial charge is 0.0634 e. The molecular weight excluding hydrogens is 220 g/mol. The summed E-state index contributed by atoms with van der Waals surface area (Å²) in [5, 5.41) is 4.26. The van der Waals surface area contributed by atoms with Gasteiger partial charge in [0, 0.05) is 18.9 Å². The highest BCUT2D eigenvalue weighted by Gasteiger charge is 2.22.